The summed E-state index contributed by atoms with van der Waals surface area (Å²) in [6.45, 7) is 2.34. The first-order chi connectivity index (χ1) is 10.2. The standard InChI is InChI=1S/C17H25N3O/c1-20-10-3-6-14(9-11-20)18-15-4-2-5-16(12-15)19-17(21)13-7-8-13/h2,4-5,12-14,18H,3,6-11H2,1H3,(H,19,21). The molecule has 1 saturated heterocycles. The van der Waals surface area contributed by atoms with E-state index in [1.54, 1.807) is 0 Å². The van der Waals surface area contributed by atoms with Crippen LogP contribution < -0.4 is 10.6 Å². The number of rotatable bonds is 4. The number of nitrogens with zero attached hydrogens (tertiary/aromatic N) is 1. The highest BCUT2D eigenvalue weighted by molar-refractivity contribution is 5.94. The van der Waals surface area contributed by atoms with Crippen LogP contribution in [-0.4, -0.2) is 37.0 Å². The van der Waals surface area contributed by atoms with Gasteiger partial charge in [-0.1, -0.05) is 6.07 Å². The van der Waals surface area contributed by atoms with Gasteiger partial charge in [0.25, 0.3) is 0 Å². The number of amides is 1. The van der Waals surface area contributed by atoms with Crippen molar-refractivity contribution >= 4 is 17.3 Å². The van der Waals surface area contributed by atoms with Crippen molar-refractivity contribution in [1.82, 2.24) is 4.90 Å². The topological polar surface area (TPSA) is 44.4 Å². The predicted molar refractivity (Wildman–Crippen MR) is 86.6 cm³/mol. The molecule has 1 unspecified atom stereocenters. The largest absolute Gasteiger partial charge is 0.382 e. The van der Waals surface area contributed by atoms with Crippen molar-refractivity contribution in [3.05, 3.63) is 24.3 Å². The van der Waals surface area contributed by atoms with Crippen LogP contribution in [0.15, 0.2) is 24.3 Å². The van der Waals surface area contributed by atoms with Gasteiger partial charge in [0.1, 0.15) is 0 Å². The lowest BCUT2D eigenvalue weighted by Crippen LogP contribution is -2.23. The first kappa shape index (κ1) is 14.4. The third-order valence-electron chi connectivity index (χ3n) is 4.40. The second-order valence-corrected chi connectivity index (χ2v) is 6.42. The molecule has 1 saturated carbocycles. The van der Waals surface area contributed by atoms with Gasteiger partial charge in [-0.25, -0.2) is 0 Å². The SMILES string of the molecule is CN1CCCC(Nc2cccc(NC(=O)C3CC3)c2)CC1. The summed E-state index contributed by atoms with van der Waals surface area (Å²) >= 11 is 0. The van der Waals surface area contributed by atoms with Crippen molar-refractivity contribution < 1.29 is 4.79 Å². The maximum atomic E-state index is 11.8. The molecular formula is C17H25N3O. The average molecular weight is 287 g/mol. The van der Waals surface area contributed by atoms with E-state index in [9.17, 15) is 4.79 Å². The summed E-state index contributed by atoms with van der Waals surface area (Å²) in [5.74, 6) is 0.419. The van der Waals surface area contributed by atoms with E-state index in [0.717, 1.165) is 30.8 Å². The normalized spacial score (nSPS) is 23.4. The van der Waals surface area contributed by atoms with Crippen molar-refractivity contribution in [3.63, 3.8) is 0 Å². The van der Waals surface area contributed by atoms with Crippen LogP contribution in [0.5, 0.6) is 0 Å². The number of benzene rings is 1. The molecule has 2 N–H and O–H groups in total. The highest BCUT2D eigenvalue weighted by Gasteiger charge is 2.29. The molecule has 1 aromatic rings. The molecule has 0 radical (unpaired) electrons. The summed E-state index contributed by atoms with van der Waals surface area (Å²) in [6.07, 6.45) is 5.71. The van der Waals surface area contributed by atoms with Crippen LogP contribution in [-0.2, 0) is 4.79 Å². The molecule has 4 heteroatoms. The smallest absolute Gasteiger partial charge is 0.227 e. The Morgan fingerprint density at radius 1 is 1.14 bits per heavy atom. The van der Waals surface area contributed by atoms with Gasteiger partial charge in [-0.3, -0.25) is 4.79 Å². The fourth-order valence-corrected chi connectivity index (χ4v) is 2.90. The Morgan fingerprint density at radius 3 is 2.76 bits per heavy atom. The monoisotopic (exact) mass is 287 g/mol. The second kappa shape index (κ2) is 6.48. The Bertz CT molecular complexity index is 499. The molecular weight excluding hydrogens is 262 g/mol. The molecule has 1 aromatic carbocycles. The Hall–Kier alpha value is -1.55. The fourth-order valence-electron chi connectivity index (χ4n) is 2.90. The Balaban J connectivity index is 1.58. The van der Waals surface area contributed by atoms with E-state index in [4.69, 9.17) is 0 Å². The summed E-state index contributed by atoms with van der Waals surface area (Å²) in [6, 6.07) is 8.64. The second-order valence-electron chi connectivity index (χ2n) is 6.42. The van der Waals surface area contributed by atoms with Gasteiger partial charge in [0.15, 0.2) is 0 Å². The van der Waals surface area contributed by atoms with Crippen LogP contribution >= 0.6 is 0 Å². The van der Waals surface area contributed by atoms with Gasteiger partial charge in [-0.15, -0.1) is 0 Å². The Kier molecular flexibility index (Phi) is 4.44. The van der Waals surface area contributed by atoms with Gasteiger partial charge in [0, 0.05) is 23.3 Å². The minimum atomic E-state index is 0.170. The number of hydrogen-bond donors (Lipinski definition) is 2. The maximum absolute atomic E-state index is 11.8. The van der Waals surface area contributed by atoms with Crippen LogP contribution in [0.4, 0.5) is 11.4 Å². The third kappa shape index (κ3) is 4.21. The minimum Gasteiger partial charge on any atom is -0.382 e. The first-order valence-electron chi connectivity index (χ1n) is 8.07. The molecule has 21 heavy (non-hydrogen) atoms. The lowest BCUT2D eigenvalue weighted by Gasteiger charge is -2.18. The zero-order valence-electron chi connectivity index (χ0n) is 12.8. The number of nitrogens with one attached hydrogen (secondary N) is 2. The van der Waals surface area contributed by atoms with Crippen molar-refractivity contribution in [1.29, 1.82) is 0 Å². The van der Waals surface area contributed by atoms with Crippen LogP contribution in [0.1, 0.15) is 32.1 Å². The zero-order valence-corrected chi connectivity index (χ0v) is 12.8. The average Bonchev–Trinajstić information content (AvgIpc) is 3.29. The van der Waals surface area contributed by atoms with Crippen molar-refractivity contribution in [2.24, 2.45) is 5.92 Å². The molecule has 1 amide bonds. The van der Waals surface area contributed by atoms with Gasteiger partial charge >= 0.3 is 0 Å². The summed E-state index contributed by atoms with van der Waals surface area (Å²) in [5, 5.41) is 6.64. The minimum absolute atomic E-state index is 0.170. The van der Waals surface area contributed by atoms with Crippen LogP contribution in [0, 0.1) is 5.92 Å². The molecule has 1 aliphatic carbocycles. The molecule has 2 aliphatic rings. The Morgan fingerprint density at radius 2 is 1.95 bits per heavy atom. The quantitative estimate of drug-likeness (QED) is 0.895. The number of anilines is 2. The first-order valence-corrected chi connectivity index (χ1v) is 8.07. The van der Waals surface area contributed by atoms with E-state index < -0.39 is 0 Å². The van der Waals surface area contributed by atoms with E-state index in [2.05, 4.69) is 34.7 Å². The number of carbonyl (C=O) groups excluding carboxylic acids is 1. The fraction of sp³-hybridized carbons (Fsp3) is 0.588. The van der Waals surface area contributed by atoms with Gasteiger partial charge in [0.2, 0.25) is 5.91 Å². The summed E-state index contributed by atoms with van der Waals surface area (Å²) < 4.78 is 0. The van der Waals surface area contributed by atoms with Crippen molar-refractivity contribution in [2.75, 3.05) is 30.8 Å². The predicted octanol–water partition coefficient (Wildman–Crippen LogP) is 2.93. The molecule has 2 fully saturated rings. The van der Waals surface area contributed by atoms with Crippen LogP contribution in [0.25, 0.3) is 0 Å². The van der Waals surface area contributed by atoms with E-state index in [1.165, 1.54) is 25.8 Å². The van der Waals surface area contributed by atoms with Crippen LogP contribution in [0.3, 0.4) is 0 Å². The molecule has 0 bridgehead atoms. The molecule has 4 nitrogen and oxygen atoms in total. The molecule has 1 atom stereocenters. The summed E-state index contributed by atoms with van der Waals surface area (Å²) in [4.78, 5) is 14.2. The molecule has 1 aliphatic heterocycles. The van der Waals surface area contributed by atoms with E-state index in [-0.39, 0.29) is 11.8 Å². The molecule has 0 spiro atoms. The number of hydrogen-bond acceptors (Lipinski definition) is 3. The Labute approximate surface area is 126 Å². The lowest BCUT2D eigenvalue weighted by atomic mass is 10.1. The highest BCUT2D eigenvalue weighted by Crippen LogP contribution is 2.30. The number of likely N-dealkylation sites (tertiary alicyclic amines) is 1. The molecule has 0 aromatic heterocycles. The van der Waals surface area contributed by atoms with Gasteiger partial charge < -0.3 is 15.5 Å². The summed E-state index contributed by atoms with van der Waals surface area (Å²) in [5.41, 5.74) is 2.01. The lowest BCUT2D eigenvalue weighted by molar-refractivity contribution is -0.117. The van der Waals surface area contributed by atoms with E-state index in [1.807, 2.05) is 12.1 Å². The van der Waals surface area contributed by atoms with Crippen molar-refractivity contribution in [2.45, 2.75) is 38.1 Å². The van der Waals surface area contributed by atoms with Crippen molar-refractivity contribution in [3.8, 4) is 0 Å². The van der Waals surface area contributed by atoms with Crippen LogP contribution in [0.2, 0.25) is 0 Å². The molecule has 3 rings (SSSR count). The zero-order chi connectivity index (χ0) is 14.7. The number of carbonyl (C=O) groups is 1. The van der Waals surface area contributed by atoms with Gasteiger partial charge in [0.05, 0.1) is 0 Å². The third-order valence-corrected chi connectivity index (χ3v) is 4.40. The van der Waals surface area contributed by atoms with E-state index >= 15 is 0 Å². The molecule has 1 heterocycles. The maximum Gasteiger partial charge on any atom is 0.227 e. The molecule has 114 valence electrons. The van der Waals surface area contributed by atoms with Gasteiger partial charge in [-0.05, 0) is 70.4 Å². The highest BCUT2D eigenvalue weighted by atomic mass is 16.2. The van der Waals surface area contributed by atoms with Gasteiger partial charge in [-0.2, -0.15) is 0 Å². The summed E-state index contributed by atoms with van der Waals surface area (Å²) in [7, 11) is 2.19. The van der Waals surface area contributed by atoms with E-state index in [0.29, 0.717) is 6.04 Å².